The van der Waals surface area contributed by atoms with Gasteiger partial charge in [0.2, 0.25) is 0 Å². The number of rotatable bonds is 5. The molecule has 0 aromatic heterocycles. The molecule has 2 rings (SSSR count). The molecule has 0 unspecified atom stereocenters. The summed E-state index contributed by atoms with van der Waals surface area (Å²) in [5.41, 5.74) is -1.96. The maximum absolute atomic E-state index is 11.1. The number of hydrogen-bond donors (Lipinski definition) is 6. The highest BCUT2D eigenvalue weighted by Crippen LogP contribution is 2.31. The average molecular weight is 340 g/mol. The molecule has 23 heavy (non-hydrogen) atoms. The number of hydrogen-bond acceptors (Lipinski definition) is 10. The van der Waals surface area contributed by atoms with Crippen molar-refractivity contribution in [1.82, 2.24) is 0 Å². The molecule has 0 saturated carbocycles. The van der Waals surface area contributed by atoms with E-state index in [1.165, 1.54) is 0 Å². The Kier molecular flexibility index (Phi) is 5.56. The first kappa shape index (κ1) is 18.4. The van der Waals surface area contributed by atoms with Crippen molar-refractivity contribution in [2.45, 2.75) is 48.7 Å². The molecule has 0 radical (unpaired) electrons. The molecule has 2 saturated heterocycles. The van der Waals surface area contributed by atoms with Crippen molar-refractivity contribution in [2.75, 3.05) is 20.3 Å². The summed E-state index contributed by atoms with van der Waals surface area (Å²) in [6.07, 6.45) is -11.2. The molecule has 6 N–H and O–H groups in total. The van der Waals surface area contributed by atoms with Gasteiger partial charge in [0, 0.05) is 7.11 Å². The molecule has 8 atom stereocenters. The van der Waals surface area contributed by atoms with Crippen LogP contribution in [0, 0.1) is 0 Å². The van der Waals surface area contributed by atoms with Gasteiger partial charge in [-0.15, -0.1) is 0 Å². The van der Waals surface area contributed by atoms with Crippen LogP contribution in [-0.2, 0) is 23.7 Å². The Bertz CT molecular complexity index is 431. The number of carboxylic acids is 1. The van der Waals surface area contributed by atoms with E-state index in [0.29, 0.717) is 0 Å². The Labute approximate surface area is 130 Å². The van der Waals surface area contributed by atoms with Crippen LogP contribution >= 0.6 is 0 Å². The highest BCUT2D eigenvalue weighted by atomic mass is 16.7. The van der Waals surface area contributed by atoms with Crippen LogP contribution in [0.1, 0.15) is 0 Å². The third-order valence-electron chi connectivity index (χ3n) is 3.89. The monoisotopic (exact) mass is 340 g/mol. The highest BCUT2D eigenvalue weighted by Gasteiger charge is 2.54. The van der Waals surface area contributed by atoms with Crippen molar-refractivity contribution in [1.29, 1.82) is 0 Å². The van der Waals surface area contributed by atoms with Gasteiger partial charge in [0.15, 0.2) is 18.7 Å². The minimum Gasteiger partial charge on any atom is -0.479 e. The standard InChI is InChI=1S/C12H20O11/c1-20-10-5(15)6(4(14)7(23-10)9(17)18)22-11-8(16)12(19,2-13)3-21-11/h4-8,10-11,13-16,19H,2-3H2,1H3,(H,17,18)/t4-,5-,6+,7+,8+,10+,11+,12-/m1/s1. The molecule has 2 aliphatic rings. The number of methoxy groups -OCH3 is 1. The molecule has 2 heterocycles. The van der Waals surface area contributed by atoms with Crippen LogP contribution in [-0.4, -0.2) is 106 Å². The van der Waals surface area contributed by atoms with E-state index in [9.17, 15) is 25.2 Å². The summed E-state index contributed by atoms with van der Waals surface area (Å²) in [5.74, 6) is -1.50. The van der Waals surface area contributed by atoms with Crippen LogP contribution in [0.4, 0.5) is 0 Å². The van der Waals surface area contributed by atoms with Crippen molar-refractivity contribution >= 4 is 5.97 Å². The fourth-order valence-corrected chi connectivity index (χ4v) is 2.46. The second kappa shape index (κ2) is 6.93. The fourth-order valence-electron chi connectivity index (χ4n) is 2.46. The van der Waals surface area contributed by atoms with Gasteiger partial charge in [-0.2, -0.15) is 0 Å². The van der Waals surface area contributed by atoms with Gasteiger partial charge in [0.05, 0.1) is 13.2 Å². The molecule has 134 valence electrons. The van der Waals surface area contributed by atoms with Gasteiger partial charge in [0.25, 0.3) is 0 Å². The molecule has 0 aliphatic carbocycles. The predicted octanol–water partition coefficient (Wildman–Crippen LogP) is -4.01. The maximum atomic E-state index is 11.1. The molecule has 2 fully saturated rings. The molecule has 0 aromatic carbocycles. The zero-order valence-corrected chi connectivity index (χ0v) is 12.2. The smallest absolute Gasteiger partial charge is 0.335 e. The summed E-state index contributed by atoms with van der Waals surface area (Å²) in [6, 6.07) is 0. The molecule has 0 spiro atoms. The topological polar surface area (TPSA) is 175 Å². The van der Waals surface area contributed by atoms with Crippen molar-refractivity contribution in [3.8, 4) is 0 Å². The van der Waals surface area contributed by atoms with Crippen LogP contribution < -0.4 is 0 Å². The third-order valence-corrected chi connectivity index (χ3v) is 3.89. The Hall–Kier alpha value is -0.890. The van der Waals surface area contributed by atoms with E-state index in [2.05, 4.69) is 0 Å². The first-order valence-corrected chi connectivity index (χ1v) is 6.80. The van der Waals surface area contributed by atoms with Crippen LogP contribution in [0.2, 0.25) is 0 Å². The van der Waals surface area contributed by atoms with Gasteiger partial charge in [-0.25, -0.2) is 4.79 Å². The lowest BCUT2D eigenvalue weighted by Gasteiger charge is -2.41. The van der Waals surface area contributed by atoms with Gasteiger partial charge in [-0.1, -0.05) is 0 Å². The number of carboxylic acid groups (broad SMARTS) is 1. The van der Waals surface area contributed by atoms with Gasteiger partial charge >= 0.3 is 5.97 Å². The van der Waals surface area contributed by atoms with Crippen LogP contribution in [0.5, 0.6) is 0 Å². The zero-order chi connectivity index (χ0) is 17.4. The molecule has 2 aliphatic heterocycles. The summed E-state index contributed by atoms with van der Waals surface area (Å²) in [6.45, 7) is -1.24. The maximum Gasteiger partial charge on any atom is 0.335 e. The van der Waals surface area contributed by atoms with Gasteiger partial charge in [-0.05, 0) is 0 Å². The molecular weight excluding hydrogens is 320 g/mol. The van der Waals surface area contributed by atoms with Gasteiger partial charge < -0.3 is 49.6 Å². The summed E-state index contributed by atoms with van der Waals surface area (Å²) in [5, 5.41) is 57.9. The quantitative estimate of drug-likeness (QED) is 0.287. The zero-order valence-electron chi connectivity index (χ0n) is 12.2. The number of carbonyl (C=O) groups is 1. The Morgan fingerprint density at radius 1 is 1.26 bits per heavy atom. The molecule has 0 amide bonds. The minimum atomic E-state index is -1.96. The third kappa shape index (κ3) is 3.33. The Balaban J connectivity index is 2.14. The van der Waals surface area contributed by atoms with Gasteiger partial charge in [0.1, 0.15) is 30.0 Å². The highest BCUT2D eigenvalue weighted by molar-refractivity contribution is 5.73. The van der Waals surface area contributed by atoms with E-state index in [1.807, 2.05) is 0 Å². The SMILES string of the molecule is CO[C@H]1O[C@H](C(=O)O)[C@H](O)[C@H](O[C@@H]2OC[C@](O)(CO)[C@H]2O)[C@H]1O. The normalized spacial score (nSPS) is 47.7. The van der Waals surface area contributed by atoms with Crippen LogP contribution in [0.3, 0.4) is 0 Å². The number of aliphatic hydroxyl groups is 5. The lowest BCUT2D eigenvalue weighted by molar-refractivity contribution is -0.318. The molecule has 11 nitrogen and oxygen atoms in total. The molecular formula is C12H20O11. The first-order chi connectivity index (χ1) is 10.7. The van der Waals surface area contributed by atoms with Crippen molar-refractivity contribution in [2.24, 2.45) is 0 Å². The number of ether oxygens (including phenoxy) is 4. The van der Waals surface area contributed by atoms with E-state index in [1.54, 1.807) is 0 Å². The molecule has 0 aromatic rings. The summed E-state index contributed by atoms with van der Waals surface area (Å²) >= 11 is 0. The summed E-state index contributed by atoms with van der Waals surface area (Å²) in [4.78, 5) is 11.1. The number of aliphatic hydroxyl groups excluding tert-OH is 4. The lowest BCUT2D eigenvalue weighted by atomic mass is 9.97. The second-order valence-corrected chi connectivity index (χ2v) is 5.47. The van der Waals surface area contributed by atoms with E-state index < -0.39 is 67.9 Å². The largest absolute Gasteiger partial charge is 0.479 e. The lowest BCUT2D eigenvalue weighted by Crippen LogP contribution is -2.62. The minimum absolute atomic E-state index is 0.444. The van der Waals surface area contributed by atoms with E-state index in [4.69, 9.17) is 29.2 Å². The average Bonchev–Trinajstić information content (AvgIpc) is 2.80. The molecule has 11 heteroatoms. The first-order valence-electron chi connectivity index (χ1n) is 6.80. The van der Waals surface area contributed by atoms with E-state index in [-0.39, 0.29) is 0 Å². The predicted molar refractivity (Wildman–Crippen MR) is 68.0 cm³/mol. The Morgan fingerprint density at radius 3 is 2.39 bits per heavy atom. The Morgan fingerprint density at radius 2 is 1.91 bits per heavy atom. The van der Waals surface area contributed by atoms with Crippen molar-refractivity contribution < 1.29 is 54.4 Å². The fraction of sp³-hybridized carbons (Fsp3) is 0.917. The van der Waals surface area contributed by atoms with Crippen molar-refractivity contribution in [3.63, 3.8) is 0 Å². The summed E-state index contributed by atoms with van der Waals surface area (Å²) in [7, 11) is 1.16. The van der Waals surface area contributed by atoms with Crippen molar-refractivity contribution in [3.05, 3.63) is 0 Å². The van der Waals surface area contributed by atoms with E-state index >= 15 is 0 Å². The van der Waals surface area contributed by atoms with Crippen LogP contribution in [0.25, 0.3) is 0 Å². The van der Waals surface area contributed by atoms with Crippen LogP contribution in [0.15, 0.2) is 0 Å². The second-order valence-electron chi connectivity index (χ2n) is 5.47. The summed E-state index contributed by atoms with van der Waals surface area (Å²) < 4.78 is 19.9. The van der Waals surface area contributed by atoms with Gasteiger partial charge in [-0.3, -0.25) is 0 Å². The molecule has 0 bridgehead atoms. The van der Waals surface area contributed by atoms with E-state index in [0.717, 1.165) is 7.11 Å². The number of aliphatic carboxylic acids is 1.